The van der Waals surface area contributed by atoms with Crippen LogP contribution in [0.3, 0.4) is 0 Å². The molecule has 2 heteroatoms. The summed E-state index contributed by atoms with van der Waals surface area (Å²) in [5, 5.41) is 8.11. The molecule has 0 aromatic heterocycles. The molecule has 0 fully saturated rings. The second-order valence-electron chi connectivity index (χ2n) is 1.95. The summed E-state index contributed by atoms with van der Waals surface area (Å²) in [5.74, 6) is 0. The first kappa shape index (κ1) is 6.89. The van der Waals surface area contributed by atoms with E-state index >= 15 is 0 Å². The molecule has 0 bridgehead atoms. The number of alkyl halides is 1. The highest BCUT2D eigenvalue weighted by Crippen LogP contribution is 2.10. The highest BCUT2D eigenvalue weighted by Gasteiger charge is 2.13. The van der Waals surface area contributed by atoms with Crippen LogP contribution in [-0.2, 0) is 0 Å². The number of halogens is 1. The lowest BCUT2D eigenvalue weighted by Gasteiger charge is -2.09. The molecule has 1 nitrogen and oxygen atoms in total. The Hall–Kier alpha value is -0.110. The van der Waals surface area contributed by atoms with Crippen molar-refractivity contribution in [3.8, 4) is 0 Å². The van der Waals surface area contributed by atoms with Crippen LogP contribution in [0.4, 0.5) is 4.39 Å². The molecule has 1 N–H and O–H groups in total. The molecule has 0 aliphatic heterocycles. The highest BCUT2D eigenvalue weighted by molar-refractivity contribution is 4.83. The van der Waals surface area contributed by atoms with E-state index < -0.39 is 5.67 Å². The van der Waals surface area contributed by atoms with Gasteiger partial charge in [0.15, 0.2) is 0 Å². The van der Waals surface area contributed by atoms with E-state index in [-0.39, 0.29) is 6.61 Å². The van der Waals surface area contributed by atoms with Crippen molar-refractivity contribution < 1.29 is 9.50 Å². The average molecular weight is 105 g/mol. The third kappa shape index (κ3) is 5.89. The average Bonchev–Trinajstić information content (AvgIpc) is 1.30. The molecule has 0 saturated heterocycles. The third-order valence-corrected chi connectivity index (χ3v) is 0.577. The van der Waals surface area contributed by atoms with Crippen LogP contribution in [0.5, 0.6) is 0 Å². The van der Waals surface area contributed by atoms with Crippen LogP contribution in [0.1, 0.15) is 13.8 Å². The smallest absolute Gasteiger partial charge is 0.111 e. The van der Waals surface area contributed by atoms with Crippen molar-refractivity contribution in [3.05, 3.63) is 6.42 Å². The van der Waals surface area contributed by atoms with Crippen LogP contribution < -0.4 is 0 Å². The van der Waals surface area contributed by atoms with Gasteiger partial charge in [-0.25, -0.2) is 4.39 Å². The fourth-order valence-corrected chi connectivity index (χ4v) is 0.217. The highest BCUT2D eigenvalue weighted by atomic mass is 19.1. The van der Waals surface area contributed by atoms with Crippen molar-refractivity contribution in [2.45, 2.75) is 19.5 Å². The fourth-order valence-electron chi connectivity index (χ4n) is 0.217. The molecule has 43 valence electrons. The zero-order valence-corrected chi connectivity index (χ0v) is 4.61. The normalized spacial score (nSPS) is 12.0. The minimum Gasteiger partial charge on any atom is -0.396 e. The Morgan fingerprint density at radius 1 is 1.71 bits per heavy atom. The van der Waals surface area contributed by atoms with E-state index in [9.17, 15) is 4.39 Å². The molecule has 0 aromatic carbocycles. The monoisotopic (exact) mass is 105 g/mol. The maximum atomic E-state index is 12.2. The standard InChI is InChI=1S/C5H10FO/c1-5(2,6)3-4-7/h3,7H,4H2,1-2H3. The summed E-state index contributed by atoms with van der Waals surface area (Å²) in [7, 11) is 0. The van der Waals surface area contributed by atoms with Gasteiger partial charge >= 0.3 is 0 Å². The van der Waals surface area contributed by atoms with E-state index in [1.165, 1.54) is 20.3 Å². The van der Waals surface area contributed by atoms with Crippen LogP contribution in [-0.4, -0.2) is 17.4 Å². The Bertz CT molecular complexity index is 46.5. The van der Waals surface area contributed by atoms with Crippen molar-refractivity contribution >= 4 is 0 Å². The molecular weight excluding hydrogens is 95.1 g/mol. The largest absolute Gasteiger partial charge is 0.396 e. The van der Waals surface area contributed by atoms with Gasteiger partial charge in [-0.15, -0.1) is 0 Å². The van der Waals surface area contributed by atoms with Gasteiger partial charge in [0.1, 0.15) is 5.67 Å². The second kappa shape index (κ2) is 2.26. The second-order valence-corrected chi connectivity index (χ2v) is 1.95. The predicted octanol–water partition coefficient (Wildman–Crippen LogP) is 0.931. The van der Waals surface area contributed by atoms with Crippen molar-refractivity contribution in [2.75, 3.05) is 6.61 Å². The summed E-state index contributed by atoms with van der Waals surface area (Å²) in [4.78, 5) is 0. The molecule has 0 unspecified atom stereocenters. The Labute approximate surface area is 43.2 Å². The molecule has 7 heavy (non-hydrogen) atoms. The van der Waals surface area contributed by atoms with Gasteiger partial charge in [0.25, 0.3) is 0 Å². The van der Waals surface area contributed by atoms with Gasteiger partial charge in [-0.05, 0) is 13.8 Å². The molecule has 0 saturated carbocycles. The van der Waals surface area contributed by atoms with Crippen molar-refractivity contribution in [2.24, 2.45) is 0 Å². The maximum absolute atomic E-state index is 12.2. The van der Waals surface area contributed by atoms with Gasteiger partial charge in [-0.3, -0.25) is 0 Å². The molecule has 0 aliphatic carbocycles. The molecule has 0 heterocycles. The number of rotatable bonds is 2. The molecule has 0 rings (SSSR count). The third-order valence-electron chi connectivity index (χ3n) is 0.577. The summed E-state index contributed by atoms with van der Waals surface area (Å²) < 4.78 is 12.2. The molecular formula is C5H10FO. The number of hydrogen-bond donors (Lipinski definition) is 1. The number of aliphatic hydroxyl groups is 1. The minimum atomic E-state index is -1.32. The first-order valence-corrected chi connectivity index (χ1v) is 2.20. The summed E-state index contributed by atoms with van der Waals surface area (Å²) in [5.41, 5.74) is -1.32. The maximum Gasteiger partial charge on any atom is 0.111 e. The lowest BCUT2D eigenvalue weighted by atomic mass is 10.1. The van der Waals surface area contributed by atoms with Crippen LogP contribution in [0, 0.1) is 6.42 Å². The SMILES string of the molecule is CC(C)(F)[CH]CO. The van der Waals surface area contributed by atoms with Gasteiger partial charge in [0, 0.05) is 13.0 Å². The summed E-state index contributed by atoms with van der Waals surface area (Å²) in [6.45, 7) is 2.59. The van der Waals surface area contributed by atoms with Crippen LogP contribution in [0.15, 0.2) is 0 Å². The lowest BCUT2D eigenvalue weighted by Crippen LogP contribution is -2.14. The Morgan fingerprint density at radius 2 is 2.14 bits per heavy atom. The zero-order valence-electron chi connectivity index (χ0n) is 4.61. The molecule has 1 radical (unpaired) electrons. The van der Waals surface area contributed by atoms with Gasteiger partial charge in [0.2, 0.25) is 0 Å². The van der Waals surface area contributed by atoms with E-state index in [1.54, 1.807) is 0 Å². The van der Waals surface area contributed by atoms with Gasteiger partial charge in [-0.2, -0.15) is 0 Å². The van der Waals surface area contributed by atoms with Crippen LogP contribution >= 0.6 is 0 Å². The number of aliphatic hydroxyl groups excluding tert-OH is 1. The quantitative estimate of drug-likeness (QED) is 0.554. The molecule has 0 amide bonds. The topological polar surface area (TPSA) is 20.2 Å². The van der Waals surface area contributed by atoms with Crippen molar-refractivity contribution in [3.63, 3.8) is 0 Å². The summed E-state index contributed by atoms with van der Waals surface area (Å²) >= 11 is 0. The molecule has 0 atom stereocenters. The zero-order chi connectivity index (χ0) is 5.91. The fraction of sp³-hybridized carbons (Fsp3) is 0.800. The molecule has 0 aromatic rings. The summed E-state index contributed by atoms with van der Waals surface area (Å²) in [6.07, 6.45) is 1.20. The summed E-state index contributed by atoms with van der Waals surface area (Å²) in [6, 6.07) is 0. The van der Waals surface area contributed by atoms with Crippen molar-refractivity contribution in [1.82, 2.24) is 0 Å². The van der Waals surface area contributed by atoms with E-state index in [2.05, 4.69) is 0 Å². The first-order chi connectivity index (χ1) is 3.06. The van der Waals surface area contributed by atoms with E-state index in [0.717, 1.165) is 0 Å². The minimum absolute atomic E-state index is 0.191. The van der Waals surface area contributed by atoms with Gasteiger partial charge in [0.05, 0.1) is 0 Å². The van der Waals surface area contributed by atoms with E-state index in [4.69, 9.17) is 5.11 Å². The van der Waals surface area contributed by atoms with Gasteiger partial charge < -0.3 is 5.11 Å². The van der Waals surface area contributed by atoms with Crippen LogP contribution in [0.25, 0.3) is 0 Å². The van der Waals surface area contributed by atoms with Gasteiger partial charge in [-0.1, -0.05) is 0 Å². The van der Waals surface area contributed by atoms with E-state index in [1.807, 2.05) is 0 Å². The van der Waals surface area contributed by atoms with Crippen LogP contribution in [0.2, 0.25) is 0 Å². The number of hydrogen-bond acceptors (Lipinski definition) is 1. The molecule has 0 aliphatic rings. The Kier molecular flexibility index (Phi) is 2.23. The molecule has 0 spiro atoms. The Balaban J connectivity index is 3.15. The van der Waals surface area contributed by atoms with E-state index in [0.29, 0.717) is 0 Å². The Morgan fingerprint density at radius 3 is 2.14 bits per heavy atom. The lowest BCUT2D eigenvalue weighted by molar-refractivity contribution is 0.216. The predicted molar refractivity (Wildman–Crippen MR) is 26.6 cm³/mol. The van der Waals surface area contributed by atoms with Crippen molar-refractivity contribution in [1.29, 1.82) is 0 Å². The first-order valence-electron chi connectivity index (χ1n) is 2.20.